The second kappa shape index (κ2) is 7.77. The maximum absolute atomic E-state index is 13.5. The van der Waals surface area contributed by atoms with Crippen molar-refractivity contribution in [1.82, 2.24) is 5.32 Å². The van der Waals surface area contributed by atoms with Crippen LogP contribution in [0.2, 0.25) is 0 Å². The third kappa shape index (κ3) is 4.44. The maximum Gasteiger partial charge on any atom is 0.322 e. The van der Waals surface area contributed by atoms with Crippen LogP contribution in [0, 0.1) is 11.6 Å². The number of benzene rings is 2. The largest absolute Gasteiger partial charge is 0.471 e. The van der Waals surface area contributed by atoms with Crippen molar-refractivity contribution in [3.63, 3.8) is 0 Å². The van der Waals surface area contributed by atoms with E-state index in [1.807, 2.05) is 38.1 Å². The zero-order chi connectivity index (χ0) is 17.7. The summed E-state index contributed by atoms with van der Waals surface area (Å²) in [5.74, 6) is -0.778. The molecule has 0 radical (unpaired) electrons. The minimum absolute atomic E-state index is 0.259. The Hall–Kier alpha value is -2.63. The number of nitrogens with one attached hydrogen (secondary N) is 2. The van der Waals surface area contributed by atoms with Crippen LogP contribution in [-0.4, -0.2) is 12.3 Å². The van der Waals surface area contributed by atoms with Gasteiger partial charge < -0.3 is 15.4 Å². The number of halogens is 2. The molecule has 0 spiro atoms. The summed E-state index contributed by atoms with van der Waals surface area (Å²) in [6, 6.07) is 10.1. The van der Waals surface area contributed by atoms with E-state index in [-0.39, 0.29) is 5.92 Å². The maximum atomic E-state index is 13.5. The van der Waals surface area contributed by atoms with Gasteiger partial charge in [-0.1, -0.05) is 38.1 Å². The Morgan fingerprint density at radius 3 is 2.25 bits per heavy atom. The van der Waals surface area contributed by atoms with E-state index in [2.05, 4.69) is 10.6 Å². The zero-order valence-corrected chi connectivity index (χ0v) is 13.8. The SMILES string of the molecule is CC(NC(=O)Nc1c(F)cccc1F)Oc1ccccc1C(C)C. The molecule has 2 aromatic carbocycles. The molecule has 4 nitrogen and oxygen atoms in total. The molecule has 0 saturated carbocycles. The van der Waals surface area contributed by atoms with Gasteiger partial charge in [0.1, 0.15) is 23.1 Å². The van der Waals surface area contributed by atoms with Gasteiger partial charge in [0.15, 0.2) is 6.23 Å². The average molecular weight is 334 g/mol. The molecule has 6 heteroatoms. The number of hydrogen-bond acceptors (Lipinski definition) is 2. The van der Waals surface area contributed by atoms with Gasteiger partial charge in [0.2, 0.25) is 0 Å². The summed E-state index contributed by atoms with van der Waals surface area (Å²) in [5.41, 5.74) is 0.511. The number of carbonyl (C=O) groups excluding carboxylic acids is 1. The standard InChI is InChI=1S/C18H20F2N2O2/c1-11(2)13-7-4-5-10-16(13)24-12(3)21-18(23)22-17-14(19)8-6-9-15(17)20/h4-12H,1-3H3,(H2,21,22,23). The third-order valence-corrected chi connectivity index (χ3v) is 3.38. The molecule has 0 heterocycles. The number of anilines is 1. The summed E-state index contributed by atoms with van der Waals surface area (Å²) in [4.78, 5) is 11.9. The number of ether oxygens (including phenoxy) is 1. The van der Waals surface area contributed by atoms with E-state index in [1.54, 1.807) is 6.92 Å². The Bertz CT molecular complexity index is 700. The van der Waals surface area contributed by atoms with Crippen molar-refractivity contribution in [3.8, 4) is 5.75 Å². The molecular formula is C18H20F2N2O2. The van der Waals surface area contributed by atoms with E-state index < -0.39 is 29.6 Å². The van der Waals surface area contributed by atoms with Gasteiger partial charge in [-0.05, 0) is 36.6 Å². The van der Waals surface area contributed by atoms with Crippen molar-refractivity contribution >= 4 is 11.7 Å². The van der Waals surface area contributed by atoms with Crippen molar-refractivity contribution in [3.05, 3.63) is 59.7 Å². The lowest BCUT2D eigenvalue weighted by Crippen LogP contribution is -2.40. The van der Waals surface area contributed by atoms with Crippen molar-refractivity contribution in [2.75, 3.05) is 5.32 Å². The monoisotopic (exact) mass is 334 g/mol. The zero-order valence-electron chi connectivity index (χ0n) is 13.8. The van der Waals surface area contributed by atoms with Crippen LogP contribution in [0.3, 0.4) is 0 Å². The fourth-order valence-corrected chi connectivity index (χ4v) is 2.24. The second-order valence-corrected chi connectivity index (χ2v) is 5.65. The topological polar surface area (TPSA) is 50.4 Å². The van der Waals surface area contributed by atoms with Crippen molar-refractivity contribution in [1.29, 1.82) is 0 Å². The van der Waals surface area contributed by atoms with Crippen molar-refractivity contribution in [2.45, 2.75) is 32.9 Å². The van der Waals surface area contributed by atoms with E-state index in [4.69, 9.17) is 4.74 Å². The van der Waals surface area contributed by atoms with Crippen molar-refractivity contribution < 1.29 is 18.3 Å². The number of rotatable bonds is 5. The molecule has 2 amide bonds. The van der Waals surface area contributed by atoms with Crippen LogP contribution >= 0.6 is 0 Å². The van der Waals surface area contributed by atoms with E-state index in [9.17, 15) is 13.6 Å². The highest BCUT2D eigenvalue weighted by Gasteiger charge is 2.15. The highest BCUT2D eigenvalue weighted by atomic mass is 19.1. The van der Waals surface area contributed by atoms with Gasteiger partial charge in [-0.15, -0.1) is 0 Å². The molecule has 0 aliphatic heterocycles. The van der Waals surface area contributed by atoms with Crippen LogP contribution in [0.25, 0.3) is 0 Å². The summed E-state index contributed by atoms with van der Waals surface area (Å²) in [6.07, 6.45) is -0.681. The minimum Gasteiger partial charge on any atom is -0.471 e. The molecule has 1 atom stereocenters. The molecule has 0 aromatic heterocycles. The Kier molecular flexibility index (Phi) is 5.73. The van der Waals surface area contributed by atoms with Crippen LogP contribution in [0.15, 0.2) is 42.5 Å². The van der Waals surface area contributed by atoms with Gasteiger partial charge in [0.25, 0.3) is 0 Å². The number of amides is 2. The number of urea groups is 1. The molecule has 0 aliphatic carbocycles. The lowest BCUT2D eigenvalue weighted by atomic mass is 10.0. The molecular weight excluding hydrogens is 314 g/mol. The minimum atomic E-state index is -0.844. The van der Waals surface area contributed by atoms with Gasteiger partial charge >= 0.3 is 6.03 Å². The first-order valence-electron chi connectivity index (χ1n) is 7.65. The molecule has 0 fully saturated rings. The highest BCUT2D eigenvalue weighted by Crippen LogP contribution is 2.26. The third-order valence-electron chi connectivity index (χ3n) is 3.38. The Morgan fingerprint density at radius 1 is 1.00 bits per heavy atom. The van der Waals surface area contributed by atoms with E-state index in [1.165, 1.54) is 6.07 Å². The fourth-order valence-electron chi connectivity index (χ4n) is 2.24. The van der Waals surface area contributed by atoms with Crippen LogP contribution in [0.1, 0.15) is 32.3 Å². The first kappa shape index (κ1) is 17.7. The van der Waals surface area contributed by atoms with E-state index in [0.717, 1.165) is 17.7 Å². The lowest BCUT2D eigenvalue weighted by Gasteiger charge is -2.20. The van der Waals surface area contributed by atoms with Crippen molar-refractivity contribution in [2.24, 2.45) is 0 Å². The average Bonchev–Trinajstić information content (AvgIpc) is 2.51. The summed E-state index contributed by atoms with van der Waals surface area (Å²) >= 11 is 0. The second-order valence-electron chi connectivity index (χ2n) is 5.65. The molecule has 2 rings (SSSR count). The van der Waals surface area contributed by atoms with Gasteiger partial charge in [-0.25, -0.2) is 13.6 Å². The summed E-state index contributed by atoms with van der Waals surface area (Å²) < 4.78 is 32.8. The predicted octanol–water partition coefficient (Wildman–Crippen LogP) is 4.63. The predicted molar refractivity (Wildman–Crippen MR) is 89.1 cm³/mol. The molecule has 1 unspecified atom stereocenters. The number of para-hydroxylation sites is 2. The molecule has 0 saturated heterocycles. The quantitative estimate of drug-likeness (QED) is 0.783. The van der Waals surface area contributed by atoms with Crippen LogP contribution in [-0.2, 0) is 0 Å². The first-order valence-corrected chi connectivity index (χ1v) is 7.65. The highest BCUT2D eigenvalue weighted by molar-refractivity contribution is 5.89. The summed E-state index contributed by atoms with van der Waals surface area (Å²) in [5, 5.41) is 4.64. The molecule has 0 bridgehead atoms. The number of hydrogen-bond donors (Lipinski definition) is 2. The summed E-state index contributed by atoms with van der Waals surface area (Å²) in [6.45, 7) is 5.70. The fraction of sp³-hybridized carbons (Fsp3) is 0.278. The Balaban J connectivity index is 2.00. The lowest BCUT2D eigenvalue weighted by molar-refractivity contribution is 0.181. The van der Waals surface area contributed by atoms with Crippen LogP contribution in [0.4, 0.5) is 19.3 Å². The van der Waals surface area contributed by atoms with E-state index in [0.29, 0.717) is 5.75 Å². The summed E-state index contributed by atoms with van der Waals surface area (Å²) in [7, 11) is 0. The normalized spacial score (nSPS) is 11.9. The Morgan fingerprint density at radius 2 is 1.62 bits per heavy atom. The molecule has 2 N–H and O–H groups in total. The van der Waals surface area contributed by atoms with Gasteiger partial charge in [0, 0.05) is 0 Å². The molecule has 128 valence electrons. The molecule has 0 aliphatic rings. The molecule has 24 heavy (non-hydrogen) atoms. The van der Waals surface area contributed by atoms with Gasteiger partial charge in [0.05, 0.1) is 0 Å². The Labute approximate surface area is 139 Å². The van der Waals surface area contributed by atoms with E-state index >= 15 is 0 Å². The first-order chi connectivity index (χ1) is 11.4. The van der Waals surface area contributed by atoms with Crippen LogP contribution in [0.5, 0.6) is 5.75 Å². The molecule has 2 aromatic rings. The van der Waals surface area contributed by atoms with Gasteiger partial charge in [-0.3, -0.25) is 0 Å². The number of carbonyl (C=O) groups is 1. The van der Waals surface area contributed by atoms with Crippen LogP contribution < -0.4 is 15.4 Å². The van der Waals surface area contributed by atoms with Gasteiger partial charge in [-0.2, -0.15) is 0 Å². The smallest absolute Gasteiger partial charge is 0.322 e.